The molecule has 1 aliphatic heterocycles. The maximum Gasteiger partial charge on any atom is 0.262 e. The number of carbonyl (C=O) groups excluding carboxylic acids is 2. The second-order valence-electron chi connectivity index (χ2n) is 6.20. The minimum atomic E-state index is -0.396. The first-order chi connectivity index (χ1) is 12.6. The molecule has 2 aromatic rings. The van der Waals surface area contributed by atoms with Gasteiger partial charge in [0.25, 0.3) is 11.8 Å². The zero-order valence-corrected chi connectivity index (χ0v) is 14.5. The molecule has 1 saturated heterocycles. The number of anilines is 1. The number of phenols is 1. The molecule has 1 heterocycles. The Morgan fingerprint density at radius 2 is 1.69 bits per heavy atom. The minimum absolute atomic E-state index is 0.0269. The van der Waals surface area contributed by atoms with Gasteiger partial charge in [-0.2, -0.15) is 0 Å². The van der Waals surface area contributed by atoms with Crippen LogP contribution in [0.2, 0.25) is 0 Å². The third-order valence-electron chi connectivity index (χ3n) is 4.30. The summed E-state index contributed by atoms with van der Waals surface area (Å²) in [5, 5.41) is 12.4. The van der Waals surface area contributed by atoms with E-state index in [0.717, 1.165) is 32.4 Å². The van der Waals surface area contributed by atoms with Gasteiger partial charge in [0.1, 0.15) is 0 Å². The van der Waals surface area contributed by atoms with Gasteiger partial charge in [0, 0.05) is 13.1 Å². The van der Waals surface area contributed by atoms with Gasteiger partial charge in [-0.3, -0.25) is 9.59 Å². The normalized spacial score (nSPS) is 13.9. The maximum absolute atomic E-state index is 12.7. The predicted octanol–water partition coefficient (Wildman–Crippen LogP) is 3.04. The fourth-order valence-corrected chi connectivity index (χ4v) is 2.95. The molecule has 0 saturated carbocycles. The molecule has 0 unspecified atom stereocenters. The van der Waals surface area contributed by atoms with Crippen molar-refractivity contribution in [3.8, 4) is 11.5 Å². The third kappa shape index (κ3) is 4.33. The molecule has 2 aromatic carbocycles. The molecule has 0 spiro atoms. The summed E-state index contributed by atoms with van der Waals surface area (Å²) in [5.74, 6) is -0.254. The summed E-state index contributed by atoms with van der Waals surface area (Å²) in [6, 6.07) is 13.4. The van der Waals surface area contributed by atoms with E-state index in [1.54, 1.807) is 42.5 Å². The lowest BCUT2D eigenvalue weighted by Gasteiger charge is -2.27. The van der Waals surface area contributed by atoms with Gasteiger partial charge in [-0.05, 0) is 43.5 Å². The van der Waals surface area contributed by atoms with E-state index in [1.165, 1.54) is 6.07 Å². The van der Waals surface area contributed by atoms with Gasteiger partial charge < -0.3 is 20.1 Å². The highest BCUT2D eigenvalue weighted by Crippen LogP contribution is 2.24. The molecule has 0 bridgehead atoms. The summed E-state index contributed by atoms with van der Waals surface area (Å²) in [4.78, 5) is 26.8. The van der Waals surface area contributed by atoms with E-state index in [2.05, 4.69) is 5.32 Å². The number of phenolic OH excluding ortho intramolecular Hbond substituents is 1. The van der Waals surface area contributed by atoms with Crippen LogP contribution in [0.25, 0.3) is 0 Å². The summed E-state index contributed by atoms with van der Waals surface area (Å²) in [6.45, 7) is 1.23. The number of amides is 2. The number of nitrogens with zero attached hydrogens (tertiary/aromatic N) is 1. The first-order valence-electron chi connectivity index (χ1n) is 8.74. The second kappa shape index (κ2) is 8.38. The summed E-state index contributed by atoms with van der Waals surface area (Å²) in [5.41, 5.74) is 0.944. The summed E-state index contributed by atoms with van der Waals surface area (Å²) < 4.78 is 5.33. The Morgan fingerprint density at radius 1 is 1.00 bits per heavy atom. The first-order valence-corrected chi connectivity index (χ1v) is 8.74. The number of hydrogen-bond donors (Lipinski definition) is 2. The molecule has 1 aliphatic rings. The number of likely N-dealkylation sites (tertiary alicyclic amines) is 1. The predicted molar refractivity (Wildman–Crippen MR) is 98.4 cm³/mol. The van der Waals surface area contributed by atoms with Crippen LogP contribution in [0, 0.1) is 0 Å². The van der Waals surface area contributed by atoms with Crippen LogP contribution in [-0.4, -0.2) is 41.5 Å². The standard InChI is InChI=1S/C20H22N2O4/c23-17-10-4-5-11-18(17)26-14-19(24)21-16-9-3-2-8-15(16)20(25)22-12-6-1-7-13-22/h2-5,8-11,23H,1,6-7,12-14H2,(H,21,24). The van der Waals surface area contributed by atoms with Crippen LogP contribution in [-0.2, 0) is 4.79 Å². The van der Waals surface area contributed by atoms with E-state index in [1.807, 2.05) is 4.90 Å². The summed E-state index contributed by atoms with van der Waals surface area (Å²) in [7, 11) is 0. The van der Waals surface area contributed by atoms with Crippen molar-refractivity contribution >= 4 is 17.5 Å². The number of hydrogen-bond acceptors (Lipinski definition) is 4. The number of aromatic hydroxyl groups is 1. The molecular formula is C20H22N2O4. The van der Waals surface area contributed by atoms with Crippen LogP contribution in [0.4, 0.5) is 5.69 Å². The minimum Gasteiger partial charge on any atom is -0.504 e. The Balaban J connectivity index is 1.65. The molecule has 2 N–H and O–H groups in total. The average Bonchev–Trinajstić information content (AvgIpc) is 2.68. The Hall–Kier alpha value is -3.02. The number of carbonyl (C=O) groups is 2. The molecule has 6 heteroatoms. The van der Waals surface area contributed by atoms with Gasteiger partial charge >= 0.3 is 0 Å². The Kier molecular flexibility index (Phi) is 5.73. The monoisotopic (exact) mass is 354 g/mol. The lowest BCUT2D eigenvalue weighted by atomic mass is 10.1. The molecule has 6 nitrogen and oxygen atoms in total. The number of benzene rings is 2. The van der Waals surface area contributed by atoms with E-state index in [0.29, 0.717) is 11.3 Å². The summed E-state index contributed by atoms with van der Waals surface area (Å²) >= 11 is 0. The zero-order valence-electron chi connectivity index (χ0n) is 14.5. The van der Waals surface area contributed by atoms with E-state index in [4.69, 9.17) is 4.74 Å². The van der Waals surface area contributed by atoms with Crippen LogP contribution in [0.15, 0.2) is 48.5 Å². The van der Waals surface area contributed by atoms with Crippen LogP contribution >= 0.6 is 0 Å². The topological polar surface area (TPSA) is 78.9 Å². The largest absolute Gasteiger partial charge is 0.504 e. The SMILES string of the molecule is O=C(COc1ccccc1O)Nc1ccccc1C(=O)N1CCCCC1. The van der Waals surface area contributed by atoms with Crippen molar-refractivity contribution in [3.63, 3.8) is 0 Å². The van der Waals surface area contributed by atoms with Crippen LogP contribution < -0.4 is 10.1 Å². The highest BCUT2D eigenvalue weighted by Gasteiger charge is 2.21. The van der Waals surface area contributed by atoms with Gasteiger partial charge in [-0.15, -0.1) is 0 Å². The van der Waals surface area contributed by atoms with Crippen molar-refractivity contribution < 1.29 is 19.4 Å². The molecule has 0 atom stereocenters. The lowest BCUT2D eigenvalue weighted by molar-refractivity contribution is -0.118. The van der Waals surface area contributed by atoms with Crippen LogP contribution in [0.3, 0.4) is 0 Å². The third-order valence-corrected chi connectivity index (χ3v) is 4.30. The van der Waals surface area contributed by atoms with E-state index in [-0.39, 0.29) is 24.0 Å². The quantitative estimate of drug-likeness (QED) is 0.865. The molecule has 26 heavy (non-hydrogen) atoms. The fraction of sp³-hybridized carbons (Fsp3) is 0.300. The molecule has 0 aliphatic carbocycles. The number of para-hydroxylation sites is 3. The Bertz CT molecular complexity index is 785. The van der Waals surface area contributed by atoms with Crippen molar-refractivity contribution in [3.05, 3.63) is 54.1 Å². The number of nitrogens with one attached hydrogen (secondary N) is 1. The van der Waals surface area contributed by atoms with Gasteiger partial charge in [0.15, 0.2) is 18.1 Å². The van der Waals surface area contributed by atoms with E-state index in [9.17, 15) is 14.7 Å². The molecule has 1 fully saturated rings. The number of rotatable bonds is 5. The maximum atomic E-state index is 12.7. The van der Waals surface area contributed by atoms with Crippen LogP contribution in [0.1, 0.15) is 29.6 Å². The number of ether oxygens (including phenoxy) is 1. The van der Waals surface area contributed by atoms with E-state index < -0.39 is 5.91 Å². The van der Waals surface area contributed by atoms with Gasteiger partial charge in [-0.1, -0.05) is 24.3 Å². The average molecular weight is 354 g/mol. The van der Waals surface area contributed by atoms with Crippen molar-refractivity contribution in [2.45, 2.75) is 19.3 Å². The van der Waals surface area contributed by atoms with Crippen LogP contribution in [0.5, 0.6) is 11.5 Å². The van der Waals surface area contributed by atoms with Crippen molar-refractivity contribution in [1.82, 2.24) is 4.90 Å². The number of piperidine rings is 1. The zero-order chi connectivity index (χ0) is 18.4. The first kappa shape index (κ1) is 17.8. The van der Waals surface area contributed by atoms with Crippen molar-refractivity contribution in [2.75, 3.05) is 25.0 Å². The van der Waals surface area contributed by atoms with Gasteiger partial charge in [-0.25, -0.2) is 0 Å². The second-order valence-corrected chi connectivity index (χ2v) is 6.20. The smallest absolute Gasteiger partial charge is 0.262 e. The molecular weight excluding hydrogens is 332 g/mol. The van der Waals surface area contributed by atoms with Crippen molar-refractivity contribution in [1.29, 1.82) is 0 Å². The van der Waals surface area contributed by atoms with Gasteiger partial charge in [0.05, 0.1) is 11.3 Å². The molecule has 0 aromatic heterocycles. The van der Waals surface area contributed by atoms with Crippen molar-refractivity contribution in [2.24, 2.45) is 0 Å². The summed E-state index contributed by atoms with van der Waals surface area (Å²) in [6.07, 6.45) is 3.16. The van der Waals surface area contributed by atoms with E-state index >= 15 is 0 Å². The molecule has 3 rings (SSSR count). The highest BCUT2D eigenvalue weighted by molar-refractivity contribution is 6.04. The van der Waals surface area contributed by atoms with Gasteiger partial charge in [0.2, 0.25) is 0 Å². The lowest BCUT2D eigenvalue weighted by Crippen LogP contribution is -2.36. The highest BCUT2D eigenvalue weighted by atomic mass is 16.5. The Labute approximate surface area is 152 Å². The molecule has 2 amide bonds. The Morgan fingerprint density at radius 3 is 2.46 bits per heavy atom. The molecule has 0 radical (unpaired) electrons. The molecule has 136 valence electrons. The fourth-order valence-electron chi connectivity index (χ4n) is 2.95.